The van der Waals surface area contributed by atoms with E-state index in [4.69, 9.17) is 21.1 Å². The van der Waals surface area contributed by atoms with Gasteiger partial charge in [-0.2, -0.15) is 0 Å². The Morgan fingerprint density at radius 2 is 2.19 bits per heavy atom. The summed E-state index contributed by atoms with van der Waals surface area (Å²) in [6, 6.07) is 7.88. The summed E-state index contributed by atoms with van der Waals surface area (Å²) in [6.45, 7) is 4.29. The van der Waals surface area contributed by atoms with Crippen molar-refractivity contribution in [3.63, 3.8) is 0 Å². The highest BCUT2D eigenvalue weighted by atomic mass is 35.5. The molecule has 0 bridgehead atoms. The minimum atomic E-state index is -0.513. The molecule has 21 heavy (non-hydrogen) atoms. The Morgan fingerprint density at radius 1 is 1.43 bits per heavy atom. The normalized spacial score (nSPS) is 21.4. The second kappa shape index (κ2) is 8.71. The van der Waals surface area contributed by atoms with Gasteiger partial charge in [0.25, 0.3) is 0 Å². The molecule has 0 radical (unpaired) electrons. The third kappa shape index (κ3) is 5.93. The monoisotopic (exact) mass is 313 g/mol. The SMILES string of the molecule is CC(NCC(O)COCC1CCCO1)c1ccc(Cl)cc1. The van der Waals surface area contributed by atoms with Crippen LogP contribution in [0.2, 0.25) is 5.02 Å². The molecular formula is C16H24ClNO3. The van der Waals surface area contributed by atoms with E-state index < -0.39 is 6.10 Å². The Labute approximate surface area is 131 Å². The van der Waals surface area contributed by atoms with Crippen LogP contribution in [0.4, 0.5) is 0 Å². The molecule has 0 amide bonds. The van der Waals surface area contributed by atoms with Gasteiger partial charge in [-0.15, -0.1) is 0 Å². The first-order chi connectivity index (χ1) is 10.1. The zero-order valence-electron chi connectivity index (χ0n) is 12.4. The van der Waals surface area contributed by atoms with Crippen molar-refractivity contribution in [1.29, 1.82) is 0 Å². The largest absolute Gasteiger partial charge is 0.389 e. The molecule has 5 heteroatoms. The van der Waals surface area contributed by atoms with Crippen molar-refractivity contribution in [2.24, 2.45) is 0 Å². The van der Waals surface area contributed by atoms with Crippen molar-refractivity contribution in [3.8, 4) is 0 Å². The van der Waals surface area contributed by atoms with Crippen LogP contribution in [0.25, 0.3) is 0 Å². The molecule has 3 unspecified atom stereocenters. The zero-order chi connectivity index (χ0) is 15.1. The average Bonchev–Trinajstić information content (AvgIpc) is 2.99. The van der Waals surface area contributed by atoms with Crippen molar-refractivity contribution >= 4 is 11.6 Å². The van der Waals surface area contributed by atoms with E-state index in [1.807, 2.05) is 24.3 Å². The lowest BCUT2D eigenvalue weighted by atomic mass is 10.1. The average molecular weight is 314 g/mol. The third-order valence-electron chi connectivity index (χ3n) is 3.67. The highest BCUT2D eigenvalue weighted by Crippen LogP contribution is 2.16. The van der Waals surface area contributed by atoms with Gasteiger partial charge in [-0.1, -0.05) is 23.7 Å². The molecule has 3 atom stereocenters. The summed E-state index contributed by atoms with van der Waals surface area (Å²) in [5.74, 6) is 0. The van der Waals surface area contributed by atoms with E-state index in [2.05, 4.69) is 12.2 Å². The summed E-state index contributed by atoms with van der Waals surface area (Å²) in [4.78, 5) is 0. The first-order valence-corrected chi connectivity index (χ1v) is 7.89. The second-order valence-electron chi connectivity index (χ2n) is 5.51. The molecule has 0 spiro atoms. The fourth-order valence-corrected chi connectivity index (χ4v) is 2.48. The molecule has 1 aliphatic heterocycles. The molecule has 1 saturated heterocycles. The topological polar surface area (TPSA) is 50.7 Å². The molecule has 0 aromatic heterocycles. The number of rotatable bonds is 8. The summed E-state index contributed by atoms with van der Waals surface area (Å²) in [7, 11) is 0. The number of nitrogens with one attached hydrogen (secondary N) is 1. The minimum absolute atomic E-state index is 0.162. The molecular weight excluding hydrogens is 290 g/mol. The van der Waals surface area contributed by atoms with Crippen LogP contribution in [0.1, 0.15) is 31.4 Å². The van der Waals surface area contributed by atoms with E-state index in [9.17, 15) is 5.11 Å². The first-order valence-electron chi connectivity index (χ1n) is 7.51. The third-order valence-corrected chi connectivity index (χ3v) is 3.92. The van der Waals surface area contributed by atoms with Crippen LogP contribution in [-0.4, -0.2) is 43.7 Å². The molecule has 1 aliphatic rings. The fourth-order valence-electron chi connectivity index (χ4n) is 2.35. The summed E-state index contributed by atoms with van der Waals surface area (Å²) < 4.78 is 11.0. The predicted octanol–water partition coefficient (Wildman–Crippen LogP) is 2.55. The smallest absolute Gasteiger partial charge is 0.0897 e. The number of hydrogen-bond acceptors (Lipinski definition) is 4. The Hall–Kier alpha value is -0.650. The van der Waals surface area contributed by atoms with Crippen molar-refractivity contribution in [2.45, 2.75) is 38.0 Å². The lowest BCUT2D eigenvalue weighted by Crippen LogP contribution is -2.33. The van der Waals surface area contributed by atoms with Gasteiger partial charge in [0, 0.05) is 24.2 Å². The van der Waals surface area contributed by atoms with E-state index in [1.54, 1.807) is 0 Å². The minimum Gasteiger partial charge on any atom is -0.389 e. The van der Waals surface area contributed by atoms with Crippen LogP contribution in [0.5, 0.6) is 0 Å². The zero-order valence-corrected chi connectivity index (χ0v) is 13.2. The second-order valence-corrected chi connectivity index (χ2v) is 5.94. The standard InChI is InChI=1S/C16H24ClNO3/c1-12(13-4-6-14(17)7-5-13)18-9-15(19)10-20-11-16-3-2-8-21-16/h4-7,12,15-16,18-19H,2-3,8-11H2,1H3. The van der Waals surface area contributed by atoms with Crippen molar-refractivity contribution in [3.05, 3.63) is 34.9 Å². The van der Waals surface area contributed by atoms with E-state index in [0.717, 1.165) is 30.0 Å². The highest BCUT2D eigenvalue weighted by molar-refractivity contribution is 6.30. The molecule has 1 aromatic rings. The molecule has 1 fully saturated rings. The van der Waals surface area contributed by atoms with Crippen LogP contribution < -0.4 is 5.32 Å². The summed E-state index contributed by atoms with van der Waals surface area (Å²) >= 11 is 5.87. The van der Waals surface area contributed by atoms with Crippen molar-refractivity contribution < 1.29 is 14.6 Å². The quantitative estimate of drug-likeness (QED) is 0.774. The van der Waals surface area contributed by atoms with Gasteiger partial charge in [0.1, 0.15) is 0 Å². The Morgan fingerprint density at radius 3 is 2.86 bits per heavy atom. The maximum atomic E-state index is 9.91. The summed E-state index contributed by atoms with van der Waals surface area (Å²) in [5, 5.41) is 13.9. The Bertz CT molecular complexity index is 406. The molecule has 4 nitrogen and oxygen atoms in total. The van der Waals surface area contributed by atoms with Gasteiger partial charge >= 0.3 is 0 Å². The lowest BCUT2D eigenvalue weighted by molar-refractivity contribution is -0.0168. The van der Waals surface area contributed by atoms with Crippen LogP contribution in [0, 0.1) is 0 Å². The van der Waals surface area contributed by atoms with Crippen LogP contribution in [0.3, 0.4) is 0 Å². The van der Waals surface area contributed by atoms with Gasteiger partial charge in [0.05, 0.1) is 25.4 Å². The van der Waals surface area contributed by atoms with Gasteiger partial charge in [-0.05, 0) is 37.5 Å². The molecule has 0 aliphatic carbocycles. The molecule has 2 rings (SSSR count). The first kappa shape index (κ1) is 16.7. The summed E-state index contributed by atoms with van der Waals surface area (Å²) in [5.41, 5.74) is 1.15. The Kier molecular flexibility index (Phi) is 6.93. The summed E-state index contributed by atoms with van der Waals surface area (Å²) in [6.07, 6.45) is 1.86. The Balaban J connectivity index is 1.61. The molecule has 118 valence electrons. The number of aliphatic hydroxyl groups excluding tert-OH is 1. The fraction of sp³-hybridized carbons (Fsp3) is 0.625. The van der Waals surface area contributed by atoms with E-state index >= 15 is 0 Å². The maximum Gasteiger partial charge on any atom is 0.0897 e. The number of hydrogen-bond donors (Lipinski definition) is 2. The molecule has 1 aromatic carbocycles. The van der Waals surface area contributed by atoms with Crippen LogP contribution in [-0.2, 0) is 9.47 Å². The van der Waals surface area contributed by atoms with E-state index in [-0.39, 0.29) is 12.1 Å². The molecule has 0 saturated carbocycles. The highest BCUT2D eigenvalue weighted by Gasteiger charge is 2.16. The molecule has 2 N–H and O–H groups in total. The number of ether oxygens (including phenoxy) is 2. The van der Waals surface area contributed by atoms with Gasteiger partial charge in [-0.3, -0.25) is 0 Å². The van der Waals surface area contributed by atoms with Gasteiger partial charge in [-0.25, -0.2) is 0 Å². The number of aliphatic hydroxyl groups is 1. The van der Waals surface area contributed by atoms with Crippen molar-refractivity contribution in [2.75, 3.05) is 26.4 Å². The van der Waals surface area contributed by atoms with Crippen molar-refractivity contribution in [1.82, 2.24) is 5.32 Å². The lowest BCUT2D eigenvalue weighted by Gasteiger charge is -2.18. The van der Waals surface area contributed by atoms with Gasteiger partial charge in [0.15, 0.2) is 0 Å². The predicted molar refractivity (Wildman–Crippen MR) is 83.7 cm³/mol. The molecule has 1 heterocycles. The van der Waals surface area contributed by atoms with Gasteiger partial charge in [0.2, 0.25) is 0 Å². The van der Waals surface area contributed by atoms with Crippen LogP contribution in [0.15, 0.2) is 24.3 Å². The number of benzene rings is 1. The van der Waals surface area contributed by atoms with Crippen LogP contribution >= 0.6 is 11.6 Å². The van der Waals surface area contributed by atoms with E-state index in [1.165, 1.54) is 0 Å². The maximum absolute atomic E-state index is 9.91. The van der Waals surface area contributed by atoms with Gasteiger partial charge < -0.3 is 19.9 Å². The van der Waals surface area contributed by atoms with E-state index in [0.29, 0.717) is 19.8 Å². The number of halogens is 1.